The van der Waals surface area contributed by atoms with Crippen molar-refractivity contribution in [3.63, 3.8) is 0 Å². The molecule has 0 aliphatic heterocycles. The largest absolute Gasteiger partial charge is 0.126 e. The van der Waals surface area contributed by atoms with E-state index in [0.717, 1.165) is 26.6 Å². The van der Waals surface area contributed by atoms with Gasteiger partial charge in [-0.3, -0.25) is 0 Å². The molecule has 0 amide bonds. The van der Waals surface area contributed by atoms with Gasteiger partial charge in [0, 0.05) is 9.35 Å². The van der Waals surface area contributed by atoms with Crippen LogP contribution >= 0.6 is 50.5 Å². The molecule has 15 heavy (non-hydrogen) atoms. The van der Waals surface area contributed by atoms with Crippen molar-refractivity contribution in [1.82, 2.24) is 0 Å². The van der Waals surface area contributed by atoms with Gasteiger partial charge < -0.3 is 0 Å². The van der Waals surface area contributed by atoms with Crippen LogP contribution in [0.15, 0.2) is 10.5 Å². The van der Waals surface area contributed by atoms with Crippen molar-refractivity contribution in [3.05, 3.63) is 19.8 Å². The minimum atomic E-state index is 0.189. The summed E-state index contributed by atoms with van der Waals surface area (Å²) in [6.07, 6.45) is 4.18. The predicted octanol–water partition coefficient (Wildman–Crippen LogP) is 5.49. The number of thiophene rings is 1. The smallest absolute Gasteiger partial charge is 0.107 e. The molecule has 2 fully saturated rings. The monoisotopic (exact) mass is 324 g/mol. The van der Waals surface area contributed by atoms with Gasteiger partial charge >= 0.3 is 0 Å². The number of hydrogen-bond donors (Lipinski definition) is 0. The molecule has 0 spiro atoms. The molecule has 0 bridgehead atoms. The summed E-state index contributed by atoms with van der Waals surface area (Å²) < 4.78 is 1.81. The Kier molecular flexibility index (Phi) is 2.83. The fraction of sp³-hybridized carbons (Fsp3) is 0.636. The van der Waals surface area contributed by atoms with Gasteiger partial charge in [0.25, 0.3) is 0 Å². The lowest BCUT2D eigenvalue weighted by atomic mass is 10.1. The number of rotatable bonds is 2. The molecule has 1 aromatic rings. The minimum Gasteiger partial charge on any atom is -0.126 e. The second-order valence-corrected chi connectivity index (χ2v) is 7.52. The highest BCUT2D eigenvalue weighted by Crippen LogP contribution is 2.64. The number of halogens is 3. The molecule has 0 N–H and O–H groups in total. The third kappa shape index (κ3) is 1.78. The van der Waals surface area contributed by atoms with Gasteiger partial charge in [0.15, 0.2) is 0 Å². The zero-order chi connectivity index (χ0) is 10.6. The summed E-state index contributed by atoms with van der Waals surface area (Å²) in [5.41, 5.74) is 0. The third-order valence-electron chi connectivity index (χ3n) is 3.75. The Bertz CT molecular complexity index is 360. The molecule has 0 nitrogen and oxygen atoms in total. The van der Waals surface area contributed by atoms with Crippen LogP contribution in [0.2, 0.25) is 4.34 Å². The van der Waals surface area contributed by atoms with Crippen molar-refractivity contribution in [2.24, 2.45) is 17.8 Å². The second-order valence-electron chi connectivity index (χ2n) is 4.51. The van der Waals surface area contributed by atoms with Crippen LogP contribution < -0.4 is 0 Å². The van der Waals surface area contributed by atoms with E-state index in [1.807, 2.05) is 0 Å². The first-order valence-corrected chi connectivity index (χ1v) is 7.69. The van der Waals surface area contributed by atoms with Crippen LogP contribution in [0.4, 0.5) is 0 Å². The first kappa shape index (κ1) is 10.9. The third-order valence-corrected chi connectivity index (χ3v) is 6.96. The highest BCUT2D eigenvalue weighted by Gasteiger charge is 2.56. The quantitative estimate of drug-likeness (QED) is 0.631. The van der Waals surface area contributed by atoms with E-state index >= 15 is 0 Å². The second kappa shape index (κ2) is 3.90. The summed E-state index contributed by atoms with van der Waals surface area (Å²) in [6, 6.07) is 2.08. The molecule has 0 aromatic carbocycles. The Morgan fingerprint density at radius 2 is 2.07 bits per heavy atom. The van der Waals surface area contributed by atoms with Crippen LogP contribution in [0, 0.1) is 17.8 Å². The van der Waals surface area contributed by atoms with Gasteiger partial charge in [-0.2, -0.15) is 0 Å². The first-order chi connectivity index (χ1) is 7.18. The van der Waals surface area contributed by atoms with Crippen LogP contribution in [0.25, 0.3) is 0 Å². The van der Waals surface area contributed by atoms with Gasteiger partial charge in [0.2, 0.25) is 0 Å². The van der Waals surface area contributed by atoms with E-state index in [9.17, 15) is 0 Å². The van der Waals surface area contributed by atoms with E-state index in [2.05, 4.69) is 22.0 Å². The molecule has 0 radical (unpaired) electrons. The predicted molar refractivity (Wildman–Crippen MR) is 69.9 cm³/mol. The van der Waals surface area contributed by atoms with Gasteiger partial charge in [-0.1, -0.05) is 18.0 Å². The van der Waals surface area contributed by atoms with Crippen molar-refractivity contribution in [3.8, 4) is 0 Å². The van der Waals surface area contributed by atoms with Crippen molar-refractivity contribution in [2.75, 3.05) is 0 Å². The number of hydrogen-bond acceptors (Lipinski definition) is 1. The number of fused-ring (bicyclic) bond motifs is 1. The molecular formula is C11H11BrCl2S. The first-order valence-electron chi connectivity index (χ1n) is 5.27. The summed E-state index contributed by atoms with van der Waals surface area (Å²) in [4.78, 5) is 1.23. The molecule has 3 rings (SSSR count). The molecule has 2 aliphatic carbocycles. The van der Waals surface area contributed by atoms with E-state index in [0.29, 0.717) is 0 Å². The molecule has 0 saturated heterocycles. The molecule has 1 aromatic heterocycles. The maximum atomic E-state index is 6.52. The summed E-state index contributed by atoms with van der Waals surface area (Å²) >= 11 is 17.6. The lowest BCUT2D eigenvalue weighted by Crippen LogP contribution is -1.95. The van der Waals surface area contributed by atoms with Crippen molar-refractivity contribution in [1.29, 1.82) is 0 Å². The number of alkyl halides is 1. The van der Waals surface area contributed by atoms with Crippen LogP contribution in [0.3, 0.4) is 0 Å². The fourth-order valence-electron chi connectivity index (χ4n) is 3.00. The Balaban J connectivity index is 1.77. The zero-order valence-corrected chi connectivity index (χ0v) is 12.0. The van der Waals surface area contributed by atoms with Crippen LogP contribution in [-0.4, -0.2) is 0 Å². The summed E-state index contributed by atoms with van der Waals surface area (Å²) in [5.74, 6) is 2.54. The van der Waals surface area contributed by atoms with Gasteiger partial charge in [-0.15, -0.1) is 22.9 Å². The Morgan fingerprint density at radius 3 is 2.60 bits per heavy atom. The molecule has 3 atom stereocenters. The van der Waals surface area contributed by atoms with Crippen LogP contribution in [0.1, 0.15) is 29.5 Å². The molecule has 2 aliphatic rings. The van der Waals surface area contributed by atoms with Gasteiger partial charge in [-0.25, -0.2) is 0 Å². The van der Waals surface area contributed by atoms with Crippen LogP contribution in [0.5, 0.6) is 0 Å². The highest BCUT2D eigenvalue weighted by molar-refractivity contribution is 9.10. The standard InChI is InChI=1S/C11H11BrCl2S/c12-7-4-8(15-11(7)14)10(13)9-5-2-1-3-6(5)9/h4-6,9-10H,1-3H2. The topological polar surface area (TPSA) is 0 Å². The van der Waals surface area contributed by atoms with Gasteiger partial charge in [-0.05, 0) is 52.6 Å². The normalized spacial score (nSPS) is 35.3. The van der Waals surface area contributed by atoms with E-state index in [1.165, 1.54) is 24.1 Å². The Labute approximate surface area is 112 Å². The molecule has 3 unspecified atom stereocenters. The minimum absolute atomic E-state index is 0.189. The molecule has 82 valence electrons. The van der Waals surface area contributed by atoms with Crippen molar-refractivity contribution >= 4 is 50.5 Å². The van der Waals surface area contributed by atoms with Crippen molar-refractivity contribution in [2.45, 2.75) is 24.6 Å². The maximum absolute atomic E-state index is 6.52. The Hall–Kier alpha value is 0.760. The van der Waals surface area contributed by atoms with Gasteiger partial charge in [0.05, 0.1) is 5.38 Å². The van der Waals surface area contributed by atoms with E-state index in [4.69, 9.17) is 23.2 Å². The highest BCUT2D eigenvalue weighted by atomic mass is 79.9. The summed E-state index contributed by atoms with van der Waals surface area (Å²) in [7, 11) is 0. The molecule has 1 heterocycles. The summed E-state index contributed by atoms with van der Waals surface area (Å²) in [6.45, 7) is 0. The van der Waals surface area contributed by atoms with E-state index in [1.54, 1.807) is 11.3 Å². The molecule has 2 saturated carbocycles. The lowest BCUT2D eigenvalue weighted by Gasteiger charge is -2.08. The van der Waals surface area contributed by atoms with E-state index in [-0.39, 0.29) is 5.38 Å². The Morgan fingerprint density at radius 1 is 1.40 bits per heavy atom. The van der Waals surface area contributed by atoms with E-state index < -0.39 is 0 Å². The van der Waals surface area contributed by atoms with Crippen molar-refractivity contribution < 1.29 is 0 Å². The molecular weight excluding hydrogens is 315 g/mol. The zero-order valence-electron chi connectivity index (χ0n) is 8.05. The average molecular weight is 326 g/mol. The average Bonchev–Trinajstić information content (AvgIpc) is 2.59. The SMILES string of the molecule is Clc1sc(C(Cl)C2C3CCCC32)cc1Br. The molecule has 4 heteroatoms. The lowest BCUT2D eigenvalue weighted by molar-refractivity contribution is 0.577. The maximum Gasteiger partial charge on any atom is 0.107 e. The fourth-order valence-corrected chi connectivity index (χ4v) is 5.34. The van der Waals surface area contributed by atoms with Gasteiger partial charge in [0.1, 0.15) is 4.34 Å². The van der Waals surface area contributed by atoms with Crippen LogP contribution in [-0.2, 0) is 0 Å². The summed E-state index contributed by atoms with van der Waals surface area (Å²) in [5, 5.41) is 0.189.